The Bertz CT molecular complexity index is 321. The average molecular weight is 221 g/mol. The summed E-state index contributed by atoms with van der Waals surface area (Å²) in [5.74, 6) is 1.63. The summed E-state index contributed by atoms with van der Waals surface area (Å²) in [6.45, 7) is 3.71. The smallest absolute Gasteiger partial charge is 0.123 e. The summed E-state index contributed by atoms with van der Waals surface area (Å²) >= 11 is 0. The number of ether oxygens (including phenoxy) is 2. The number of benzene rings is 1. The zero-order valence-electron chi connectivity index (χ0n) is 9.74. The van der Waals surface area contributed by atoms with Crippen molar-refractivity contribution in [3.05, 3.63) is 29.8 Å². The highest BCUT2D eigenvalue weighted by Gasteiger charge is 2.14. The standard InChI is InChI=1S/C13H19NO2/c1-15-13-5-3-2-4-12(13)9-14-8-11-6-7-16-10-11/h2-5,11,14H,6-10H2,1H3. The third kappa shape index (κ3) is 2.97. The highest BCUT2D eigenvalue weighted by molar-refractivity contribution is 5.32. The van der Waals surface area contributed by atoms with Crippen LogP contribution in [0.2, 0.25) is 0 Å². The van der Waals surface area contributed by atoms with E-state index in [0.717, 1.165) is 32.1 Å². The highest BCUT2D eigenvalue weighted by Crippen LogP contribution is 2.17. The Morgan fingerprint density at radius 1 is 1.44 bits per heavy atom. The van der Waals surface area contributed by atoms with Crippen LogP contribution in [0.4, 0.5) is 0 Å². The number of hydrogen-bond acceptors (Lipinski definition) is 3. The summed E-state index contributed by atoms with van der Waals surface area (Å²) in [6.07, 6.45) is 1.18. The predicted molar refractivity (Wildman–Crippen MR) is 63.6 cm³/mol. The maximum Gasteiger partial charge on any atom is 0.123 e. The van der Waals surface area contributed by atoms with Gasteiger partial charge in [-0.2, -0.15) is 0 Å². The largest absolute Gasteiger partial charge is 0.496 e. The lowest BCUT2D eigenvalue weighted by Gasteiger charge is -2.11. The first-order valence-corrected chi connectivity index (χ1v) is 5.80. The zero-order valence-corrected chi connectivity index (χ0v) is 9.74. The van der Waals surface area contributed by atoms with Gasteiger partial charge in [-0.15, -0.1) is 0 Å². The first kappa shape index (κ1) is 11.4. The molecule has 0 radical (unpaired) electrons. The van der Waals surface area contributed by atoms with Crippen LogP contribution >= 0.6 is 0 Å². The molecule has 1 saturated heterocycles. The van der Waals surface area contributed by atoms with Crippen molar-refractivity contribution in [3.8, 4) is 5.75 Å². The zero-order chi connectivity index (χ0) is 11.2. The molecule has 1 atom stereocenters. The van der Waals surface area contributed by atoms with Crippen molar-refractivity contribution in [3.63, 3.8) is 0 Å². The Labute approximate surface area is 96.8 Å². The second kappa shape index (κ2) is 5.87. The van der Waals surface area contributed by atoms with Crippen molar-refractivity contribution in [1.29, 1.82) is 0 Å². The van der Waals surface area contributed by atoms with Gasteiger partial charge in [0.1, 0.15) is 5.75 Å². The number of hydrogen-bond donors (Lipinski definition) is 1. The number of para-hydroxylation sites is 1. The molecule has 0 aromatic heterocycles. The van der Waals surface area contributed by atoms with Crippen LogP contribution in [0.25, 0.3) is 0 Å². The van der Waals surface area contributed by atoms with E-state index in [1.165, 1.54) is 12.0 Å². The summed E-state index contributed by atoms with van der Waals surface area (Å²) < 4.78 is 10.6. The second-order valence-electron chi connectivity index (χ2n) is 4.17. The van der Waals surface area contributed by atoms with Gasteiger partial charge in [0.15, 0.2) is 0 Å². The van der Waals surface area contributed by atoms with Crippen molar-refractivity contribution in [2.24, 2.45) is 5.92 Å². The fourth-order valence-electron chi connectivity index (χ4n) is 2.00. The Kier molecular flexibility index (Phi) is 4.19. The molecule has 1 aliphatic rings. The van der Waals surface area contributed by atoms with Crippen LogP contribution in [0.3, 0.4) is 0 Å². The lowest BCUT2D eigenvalue weighted by Crippen LogP contribution is -2.22. The minimum Gasteiger partial charge on any atom is -0.496 e. The van der Waals surface area contributed by atoms with Gasteiger partial charge >= 0.3 is 0 Å². The van der Waals surface area contributed by atoms with Crippen LogP contribution in [0, 0.1) is 5.92 Å². The van der Waals surface area contributed by atoms with Crippen molar-refractivity contribution >= 4 is 0 Å². The first-order chi connectivity index (χ1) is 7.90. The van der Waals surface area contributed by atoms with E-state index in [1.807, 2.05) is 18.2 Å². The number of nitrogens with one attached hydrogen (secondary N) is 1. The summed E-state index contributed by atoms with van der Waals surface area (Å²) in [7, 11) is 1.71. The molecule has 0 amide bonds. The molecule has 0 spiro atoms. The molecule has 1 fully saturated rings. The van der Waals surface area contributed by atoms with Gasteiger partial charge in [-0.25, -0.2) is 0 Å². The Balaban J connectivity index is 1.79. The van der Waals surface area contributed by atoms with E-state index in [4.69, 9.17) is 9.47 Å². The van der Waals surface area contributed by atoms with E-state index in [0.29, 0.717) is 5.92 Å². The molecule has 2 rings (SSSR count). The van der Waals surface area contributed by atoms with Gasteiger partial charge in [0.25, 0.3) is 0 Å². The van der Waals surface area contributed by atoms with Gasteiger partial charge in [0.2, 0.25) is 0 Å². The van der Waals surface area contributed by atoms with Crippen LogP contribution in [-0.4, -0.2) is 26.9 Å². The third-order valence-electron chi connectivity index (χ3n) is 2.96. The molecule has 16 heavy (non-hydrogen) atoms. The van der Waals surface area contributed by atoms with Gasteiger partial charge in [-0.1, -0.05) is 18.2 Å². The molecular formula is C13H19NO2. The van der Waals surface area contributed by atoms with Crippen molar-refractivity contribution in [1.82, 2.24) is 5.32 Å². The van der Waals surface area contributed by atoms with Gasteiger partial charge in [-0.05, 0) is 18.4 Å². The van der Waals surface area contributed by atoms with Gasteiger partial charge < -0.3 is 14.8 Å². The molecule has 1 heterocycles. The van der Waals surface area contributed by atoms with E-state index in [2.05, 4.69) is 11.4 Å². The van der Waals surface area contributed by atoms with Crippen molar-refractivity contribution < 1.29 is 9.47 Å². The Morgan fingerprint density at radius 3 is 3.06 bits per heavy atom. The van der Waals surface area contributed by atoms with E-state index in [9.17, 15) is 0 Å². The molecule has 3 nitrogen and oxygen atoms in total. The molecule has 0 bridgehead atoms. The van der Waals surface area contributed by atoms with E-state index >= 15 is 0 Å². The van der Waals surface area contributed by atoms with Crippen LogP contribution in [0.5, 0.6) is 5.75 Å². The monoisotopic (exact) mass is 221 g/mol. The Morgan fingerprint density at radius 2 is 2.31 bits per heavy atom. The maximum atomic E-state index is 5.34. The fourth-order valence-corrected chi connectivity index (χ4v) is 2.00. The minimum atomic E-state index is 0.676. The average Bonchev–Trinajstić information content (AvgIpc) is 2.83. The number of rotatable bonds is 5. The van der Waals surface area contributed by atoms with E-state index < -0.39 is 0 Å². The lowest BCUT2D eigenvalue weighted by molar-refractivity contribution is 0.185. The molecule has 1 aromatic rings. The maximum absolute atomic E-state index is 5.34. The second-order valence-corrected chi connectivity index (χ2v) is 4.17. The van der Waals surface area contributed by atoms with Gasteiger partial charge in [-0.3, -0.25) is 0 Å². The van der Waals surface area contributed by atoms with Crippen LogP contribution in [-0.2, 0) is 11.3 Å². The molecule has 1 unspecified atom stereocenters. The van der Waals surface area contributed by atoms with Crippen LogP contribution in [0.15, 0.2) is 24.3 Å². The third-order valence-corrected chi connectivity index (χ3v) is 2.96. The van der Waals surface area contributed by atoms with E-state index in [-0.39, 0.29) is 0 Å². The van der Waals surface area contributed by atoms with Crippen molar-refractivity contribution in [2.75, 3.05) is 26.9 Å². The van der Waals surface area contributed by atoms with Crippen LogP contribution < -0.4 is 10.1 Å². The topological polar surface area (TPSA) is 30.5 Å². The molecule has 1 N–H and O–H groups in total. The molecule has 0 aliphatic carbocycles. The van der Waals surface area contributed by atoms with E-state index in [1.54, 1.807) is 7.11 Å². The Hall–Kier alpha value is -1.06. The summed E-state index contributed by atoms with van der Waals surface area (Å²) in [5, 5.41) is 3.46. The van der Waals surface area contributed by atoms with Crippen molar-refractivity contribution in [2.45, 2.75) is 13.0 Å². The molecule has 3 heteroatoms. The molecule has 1 aromatic carbocycles. The fraction of sp³-hybridized carbons (Fsp3) is 0.538. The molecule has 88 valence electrons. The first-order valence-electron chi connectivity index (χ1n) is 5.80. The molecule has 0 saturated carbocycles. The predicted octanol–water partition coefficient (Wildman–Crippen LogP) is 1.82. The molecule has 1 aliphatic heterocycles. The summed E-state index contributed by atoms with van der Waals surface area (Å²) in [4.78, 5) is 0. The summed E-state index contributed by atoms with van der Waals surface area (Å²) in [5.41, 5.74) is 1.21. The SMILES string of the molecule is COc1ccccc1CNCC1CCOC1. The number of methoxy groups -OCH3 is 1. The van der Waals surface area contributed by atoms with Gasteiger partial charge in [0, 0.05) is 25.3 Å². The van der Waals surface area contributed by atoms with Crippen LogP contribution in [0.1, 0.15) is 12.0 Å². The molecular weight excluding hydrogens is 202 g/mol. The highest BCUT2D eigenvalue weighted by atomic mass is 16.5. The normalized spacial score (nSPS) is 19.9. The minimum absolute atomic E-state index is 0.676. The lowest BCUT2D eigenvalue weighted by atomic mass is 10.1. The quantitative estimate of drug-likeness (QED) is 0.822. The summed E-state index contributed by atoms with van der Waals surface area (Å²) in [6, 6.07) is 8.12. The van der Waals surface area contributed by atoms with Gasteiger partial charge in [0.05, 0.1) is 13.7 Å².